The highest BCUT2D eigenvalue weighted by molar-refractivity contribution is 5.72. The summed E-state index contributed by atoms with van der Waals surface area (Å²) in [7, 11) is 0. The molecule has 0 aliphatic rings. The van der Waals surface area contributed by atoms with Gasteiger partial charge in [0.05, 0.1) is 13.1 Å². The molecule has 0 fully saturated rings. The van der Waals surface area contributed by atoms with E-state index in [2.05, 4.69) is 15.2 Å². The van der Waals surface area contributed by atoms with Gasteiger partial charge in [0.25, 0.3) is 0 Å². The maximum absolute atomic E-state index is 7.24. The first-order chi connectivity index (χ1) is 4.88. The van der Waals surface area contributed by atoms with Crippen molar-refractivity contribution in [2.75, 3.05) is 0 Å². The smallest absolute Gasteiger partial charge is 0.108 e. The molecule has 0 aromatic carbocycles. The Hall–Kier alpha value is -1.38. The van der Waals surface area contributed by atoms with Crippen molar-refractivity contribution < 1.29 is 1.37 Å². The molecule has 0 aliphatic heterocycles. The number of H-pyrrole nitrogens is 1. The maximum atomic E-state index is 7.24. The van der Waals surface area contributed by atoms with Crippen LogP contribution < -0.4 is 0 Å². The summed E-state index contributed by atoms with van der Waals surface area (Å²) in [5.41, 5.74) is 1.44. The van der Waals surface area contributed by atoms with Crippen LogP contribution >= 0.6 is 0 Å². The van der Waals surface area contributed by atoms with E-state index >= 15 is 0 Å². The van der Waals surface area contributed by atoms with Crippen LogP contribution in [0.1, 0.15) is 1.37 Å². The number of hydrogen-bond acceptors (Lipinski definition) is 2. The van der Waals surface area contributed by atoms with Crippen LogP contribution in [0.5, 0.6) is 0 Å². The number of rotatable bonds is 0. The van der Waals surface area contributed by atoms with Gasteiger partial charge < -0.3 is 0 Å². The zero-order chi connectivity index (χ0) is 6.97. The second kappa shape index (κ2) is 1.55. The summed E-state index contributed by atoms with van der Waals surface area (Å²) in [6.45, 7) is 0. The summed E-state index contributed by atoms with van der Waals surface area (Å²) in [5.74, 6) is 0. The molecule has 44 valence electrons. The molecule has 3 heteroatoms. The molecule has 2 aromatic heterocycles. The van der Waals surface area contributed by atoms with Crippen LogP contribution in [0.25, 0.3) is 11.0 Å². The van der Waals surface area contributed by atoms with Gasteiger partial charge in [-0.05, 0) is 12.1 Å². The molecule has 0 unspecified atom stereocenters. The van der Waals surface area contributed by atoms with Gasteiger partial charge in [-0.3, -0.25) is 10.1 Å². The molecule has 9 heavy (non-hydrogen) atoms. The Kier molecular flexibility index (Phi) is 0.621. The molecule has 3 nitrogen and oxygen atoms in total. The molecule has 0 bridgehead atoms. The van der Waals surface area contributed by atoms with Gasteiger partial charge in [0.15, 0.2) is 0 Å². The highest BCUT2D eigenvalue weighted by Gasteiger charge is 1.89. The number of fused-ring (bicyclic) bond motifs is 1. The minimum atomic E-state index is 0.204. The first-order valence-electron chi connectivity index (χ1n) is 3.13. The summed E-state index contributed by atoms with van der Waals surface area (Å²) >= 11 is 0. The van der Waals surface area contributed by atoms with Crippen molar-refractivity contribution in [1.29, 1.82) is 0 Å². The topological polar surface area (TPSA) is 41.6 Å². The molecule has 1 N–H and O–H groups in total. The highest BCUT2D eigenvalue weighted by atomic mass is 15.1. The Balaban J connectivity index is 2.93. The number of pyridine rings is 1. The predicted molar refractivity (Wildman–Crippen MR) is 33.9 cm³/mol. The largest absolute Gasteiger partial charge is 0.276 e. The molecule has 0 saturated heterocycles. The Morgan fingerprint density at radius 2 is 2.67 bits per heavy atom. The lowest BCUT2D eigenvalue weighted by Crippen LogP contribution is -1.69. The summed E-state index contributed by atoms with van der Waals surface area (Å²) < 4.78 is 7.24. The van der Waals surface area contributed by atoms with E-state index in [-0.39, 0.29) is 6.17 Å². The zero-order valence-corrected chi connectivity index (χ0v) is 4.63. The third-order valence-electron chi connectivity index (χ3n) is 1.15. The predicted octanol–water partition coefficient (Wildman–Crippen LogP) is 0.958. The maximum Gasteiger partial charge on any atom is 0.108 e. The average molecular weight is 120 g/mol. The molecular weight excluding hydrogens is 114 g/mol. The lowest BCUT2D eigenvalue weighted by atomic mass is 10.4. The van der Waals surface area contributed by atoms with Crippen LogP contribution in [-0.4, -0.2) is 15.2 Å². The normalized spacial score (nSPS) is 11.8. The van der Waals surface area contributed by atoms with Gasteiger partial charge in [0, 0.05) is 6.20 Å². The van der Waals surface area contributed by atoms with Crippen LogP contribution in [0, 0.1) is 0 Å². The minimum absolute atomic E-state index is 0.204. The van der Waals surface area contributed by atoms with Crippen molar-refractivity contribution in [2.24, 2.45) is 0 Å². The first kappa shape index (κ1) is 3.61. The molecule has 0 spiro atoms. The van der Waals surface area contributed by atoms with E-state index in [4.69, 9.17) is 1.37 Å². The summed E-state index contributed by atoms with van der Waals surface area (Å²) in [6.07, 6.45) is 1.85. The first-order valence-corrected chi connectivity index (χ1v) is 2.63. The Labute approximate surface area is 53.1 Å². The number of aromatic nitrogens is 3. The number of nitrogens with one attached hydrogen (secondary N) is 1. The van der Waals surface area contributed by atoms with Gasteiger partial charge in [0.1, 0.15) is 5.52 Å². The van der Waals surface area contributed by atoms with Gasteiger partial charge >= 0.3 is 0 Å². The Bertz CT molecular complexity index is 355. The summed E-state index contributed by atoms with van der Waals surface area (Å²) in [4.78, 5) is 3.96. The molecule has 0 aliphatic carbocycles. The summed E-state index contributed by atoms with van der Waals surface area (Å²) in [5, 5.41) is 6.36. The van der Waals surface area contributed by atoms with Gasteiger partial charge in [-0.1, -0.05) is 0 Å². The second-order valence-corrected chi connectivity index (χ2v) is 1.73. The van der Waals surface area contributed by atoms with E-state index in [0.717, 1.165) is 5.52 Å². The zero-order valence-electron chi connectivity index (χ0n) is 5.63. The van der Waals surface area contributed by atoms with Gasteiger partial charge in [-0.15, -0.1) is 0 Å². The van der Waals surface area contributed by atoms with Gasteiger partial charge in [-0.2, -0.15) is 5.10 Å². The molecule has 0 radical (unpaired) electrons. The van der Waals surface area contributed by atoms with Gasteiger partial charge in [-0.25, -0.2) is 0 Å². The number of hydrogen-bond donors (Lipinski definition) is 1. The molecule has 0 atom stereocenters. The quantitative estimate of drug-likeness (QED) is 0.562. The van der Waals surface area contributed by atoms with E-state index in [1.807, 2.05) is 6.07 Å². The van der Waals surface area contributed by atoms with Crippen molar-refractivity contribution >= 4 is 11.0 Å². The van der Waals surface area contributed by atoms with Crippen LogP contribution in [0.3, 0.4) is 0 Å². The molecule has 2 aromatic rings. The molecule has 0 saturated carbocycles. The highest BCUT2D eigenvalue weighted by Crippen LogP contribution is 2.02. The average Bonchev–Trinajstić information content (AvgIpc) is 2.34. The van der Waals surface area contributed by atoms with Gasteiger partial charge in [0.2, 0.25) is 0 Å². The molecule has 2 rings (SSSR count). The van der Waals surface area contributed by atoms with E-state index in [0.29, 0.717) is 5.52 Å². The monoisotopic (exact) mass is 120 g/mol. The SMILES string of the molecule is [2H]c1n[nH]c2cccnc12. The Morgan fingerprint density at radius 1 is 1.67 bits per heavy atom. The van der Waals surface area contributed by atoms with E-state index in [1.54, 1.807) is 12.3 Å². The third kappa shape index (κ3) is 0.579. The molecular formula is C6H5N3. The van der Waals surface area contributed by atoms with Crippen molar-refractivity contribution in [1.82, 2.24) is 15.2 Å². The van der Waals surface area contributed by atoms with Crippen LogP contribution in [0.4, 0.5) is 0 Å². The van der Waals surface area contributed by atoms with Crippen molar-refractivity contribution in [3.05, 3.63) is 24.5 Å². The van der Waals surface area contributed by atoms with Crippen molar-refractivity contribution in [2.45, 2.75) is 0 Å². The van der Waals surface area contributed by atoms with Crippen LogP contribution in [-0.2, 0) is 0 Å². The van der Waals surface area contributed by atoms with Crippen LogP contribution in [0.15, 0.2) is 24.5 Å². The number of nitrogens with zero attached hydrogens (tertiary/aromatic N) is 2. The fraction of sp³-hybridized carbons (Fsp3) is 0. The standard InChI is InChI=1S/C6H5N3/c1-2-5-6(7-3-1)4-8-9-5/h1-4H,(H,8,9)/i4D. The van der Waals surface area contributed by atoms with Crippen molar-refractivity contribution in [3.63, 3.8) is 0 Å². The molecule has 0 amide bonds. The van der Waals surface area contributed by atoms with E-state index < -0.39 is 0 Å². The second-order valence-electron chi connectivity index (χ2n) is 1.73. The van der Waals surface area contributed by atoms with E-state index in [1.165, 1.54) is 0 Å². The lowest BCUT2D eigenvalue weighted by Gasteiger charge is -1.80. The fourth-order valence-corrected chi connectivity index (χ4v) is 0.726. The minimum Gasteiger partial charge on any atom is -0.276 e. The number of aromatic amines is 1. The summed E-state index contributed by atoms with van der Waals surface area (Å²) in [6, 6.07) is 3.65. The van der Waals surface area contributed by atoms with E-state index in [9.17, 15) is 0 Å². The third-order valence-corrected chi connectivity index (χ3v) is 1.15. The van der Waals surface area contributed by atoms with Crippen molar-refractivity contribution in [3.8, 4) is 0 Å². The molecule has 2 heterocycles. The van der Waals surface area contributed by atoms with Crippen LogP contribution in [0.2, 0.25) is 0 Å². The lowest BCUT2D eigenvalue weighted by molar-refractivity contribution is 1.12. The Morgan fingerprint density at radius 3 is 3.56 bits per heavy atom. The fourth-order valence-electron chi connectivity index (χ4n) is 0.726.